The van der Waals surface area contributed by atoms with E-state index in [0.717, 1.165) is 17.9 Å². The molecule has 0 bridgehead atoms. The Morgan fingerprint density at radius 1 is 1.36 bits per heavy atom. The summed E-state index contributed by atoms with van der Waals surface area (Å²) in [5.41, 5.74) is 0. The van der Waals surface area contributed by atoms with Crippen LogP contribution in [0.4, 0.5) is 0 Å². The molecule has 0 spiro atoms. The Bertz CT molecular complexity index is 177. The van der Waals surface area contributed by atoms with Gasteiger partial charge < -0.3 is 5.32 Å². The van der Waals surface area contributed by atoms with Gasteiger partial charge in [0.05, 0.1) is 0 Å². The summed E-state index contributed by atoms with van der Waals surface area (Å²) < 4.78 is 0. The van der Waals surface area contributed by atoms with Crippen LogP contribution in [0.5, 0.6) is 0 Å². The highest BCUT2D eigenvalue weighted by molar-refractivity contribution is 4.91. The lowest BCUT2D eigenvalue weighted by molar-refractivity contribution is 0.204. The Morgan fingerprint density at radius 3 is 2.71 bits per heavy atom. The minimum absolute atomic E-state index is 0.910. The first-order valence-corrected chi connectivity index (χ1v) is 6.23. The normalized spacial score (nSPS) is 30.9. The van der Waals surface area contributed by atoms with E-state index in [0.29, 0.717) is 0 Å². The van der Waals surface area contributed by atoms with Crippen molar-refractivity contribution >= 4 is 0 Å². The second kappa shape index (κ2) is 4.63. The Morgan fingerprint density at radius 2 is 2.14 bits per heavy atom. The first kappa shape index (κ1) is 10.4. The first-order valence-electron chi connectivity index (χ1n) is 6.23. The maximum Gasteiger partial charge on any atom is 0.0121 e. The van der Waals surface area contributed by atoms with Crippen LogP contribution in [0, 0.1) is 11.8 Å². The van der Waals surface area contributed by atoms with E-state index < -0.39 is 0 Å². The molecule has 1 heterocycles. The third-order valence-corrected chi connectivity index (χ3v) is 3.86. The van der Waals surface area contributed by atoms with Crippen molar-refractivity contribution in [1.29, 1.82) is 0 Å². The molecule has 2 nitrogen and oxygen atoms in total. The summed E-state index contributed by atoms with van der Waals surface area (Å²) in [4.78, 5) is 2.75. The van der Waals surface area contributed by atoms with Gasteiger partial charge >= 0.3 is 0 Å². The number of rotatable bonds is 5. The molecule has 0 aromatic carbocycles. The van der Waals surface area contributed by atoms with E-state index in [4.69, 9.17) is 0 Å². The van der Waals surface area contributed by atoms with Gasteiger partial charge in [-0.1, -0.05) is 6.92 Å². The van der Waals surface area contributed by atoms with Crippen LogP contribution in [-0.2, 0) is 0 Å². The van der Waals surface area contributed by atoms with Crippen LogP contribution in [-0.4, -0.2) is 37.6 Å². The van der Waals surface area contributed by atoms with Gasteiger partial charge in [-0.15, -0.1) is 0 Å². The van der Waals surface area contributed by atoms with Gasteiger partial charge in [-0.05, 0) is 57.7 Å². The van der Waals surface area contributed by atoms with E-state index in [2.05, 4.69) is 24.2 Å². The minimum atomic E-state index is 0.910. The van der Waals surface area contributed by atoms with Crippen molar-refractivity contribution in [1.82, 2.24) is 10.2 Å². The van der Waals surface area contributed by atoms with Crippen LogP contribution in [0.25, 0.3) is 0 Å². The van der Waals surface area contributed by atoms with Crippen molar-refractivity contribution < 1.29 is 0 Å². The van der Waals surface area contributed by atoms with Gasteiger partial charge in [0.25, 0.3) is 0 Å². The predicted molar refractivity (Wildman–Crippen MR) is 60.4 cm³/mol. The average Bonchev–Trinajstić information content (AvgIpc) is 2.90. The second-order valence-corrected chi connectivity index (χ2v) is 5.02. The van der Waals surface area contributed by atoms with E-state index in [9.17, 15) is 0 Å². The Labute approximate surface area is 88.1 Å². The third kappa shape index (κ3) is 2.29. The zero-order chi connectivity index (χ0) is 9.97. The number of hydrogen-bond acceptors (Lipinski definition) is 2. The van der Waals surface area contributed by atoms with E-state index in [1.54, 1.807) is 0 Å². The van der Waals surface area contributed by atoms with Crippen molar-refractivity contribution in [3.05, 3.63) is 0 Å². The fourth-order valence-corrected chi connectivity index (χ4v) is 2.99. The smallest absolute Gasteiger partial charge is 0.0121 e. The van der Waals surface area contributed by atoms with Gasteiger partial charge in [0.2, 0.25) is 0 Å². The van der Waals surface area contributed by atoms with Gasteiger partial charge in [-0.2, -0.15) is 0 Å². The monoisotopic (exact) mass is 196 g/mol. The summed E-state index contributed by atoms with van der Waals surface area (Å²) in [6.07, 6.45) is 5.75. The minimum Gasteiger partial charge on any atom is -0.319 e. The summed E-state index contributed by atoms with van der Waals surface area (Å²) in [6, 6.07) is 0.914. The molecular formula is C12H24N2. The predicted octanol–water partition coefficient (Wildman–Crippen LogP) is 1.72. The van der Waals surface area contributed by atoms with Gasteiger partial charge in [0.1, 0.15) is 0 Å². The second-order valence-electron chi connectivity index (χ2n) is 5.02. The lowest BCUT2D eigenvalue weighted by Crippen LogP contribution is -2.35. The highest BCUT2D eigenvalue weighted by atomic mass is 15.2. The molecule has 0 amide bonds. The topological polar surface area (TPSA) is 15.3 Å². The van der Waals surface area contributed by atoms with Crippen LogP contribution in [0.3, 0.4) is 0 Å². The highest BCUT2D eigenvalue weighted by Crippen LogP contribution is 2.38. The van der Waals surface area contributed by atoms with Crippen molar-refractivity contribution in [2.24, 2.45) is 11.8 Å². The van der Waals surface area contributed by atoms with E-state index in [1.165, 1.54) is 45.3 Å². The lowest BCUT2D eigenvalue weighted by Gasteiger charge is -2.26. The molecule has 1 saturated heterocycles. The van der Waals surface area contributed by atoms with Crippen molar-refractivity contribution in [2.75, 3.05) is 26.7 Å². The SMILES string of the molecule is CCC(C1CC1)N1CCC(CNC)C1. The number of likely N-dealkylation sites (tertiary alicyclic amines) is 1. The Hall–Kier alpha value is -0.0800. The number of hydrogen-bond donors (Lipinski definition) is 1. The van der Waals surface area contributed by atoms with Gasteiger partial charge in [0.15, 0.2) is 0 Å². The molecule has 2 aliphatic rings. The van der Waals surface area contributed by atoms with E-state index in [-0.39, 0.29) is 0 Å². The molecule has 2 rings (SSSR count). The molecule has 0 aromatic heterocycles. The first-order chi connectivity index (χ1) is 6.85. The molecule has 2 atom stereocenters. The fourth-order valence-electron chi connectivity index (χ4n) is 2.99. The molecule has 0 aromatic rings. The van der Waals surface area contributed by atoms with Gasteiger partial charge in [-0.25, -0.2) is 0 Å². The molecule has 2 unspecified atom stereocenters. The highest BCUT2D eigenvalue weighted by Gasteiger charge is 2.36. The molecule has 14 heavy (non-hydrogen) atoms. The molecule has 82 valence electrons. The van der Waals surface area contributed by atoms with Crippen LogP contribution in [0.2, 0.25) is 0 Å². The average molecular weight is 196 g/mol. The summed E-state index contributed by atoms with van der Waals surface area (Å²) in [7, 11) is 2.07. The zero-order valence-electron chi connectivity index (χ0n) is 9.63. The van der Waals surface area contributed by atoms with Crippen molar-refractivity contribution in [3.63, 3.8) is 0 Å². The van der Waals surface area contributed by atoms with Crippen LogP contribution in [0.15, 0.2) is 0 Å². The third-order valence-electron chi connectivity index (χ3n) is 3.86. The number of nitrogens with zero attached hydrogens (tertiary/aromatic N) is 1. The largest absolute Gasteiger partial charge is 0.319 e. The summed E-state index contributed by atoms with van der Waals surface area (Å²) in [5.74, 6) is 1.96. The maximum absolute atomic E-state index is 3.31. The maximum atomic E-state index is 3.31. The number of nitrogens with one attached hydrogen (secondary N) is 1. The molecular weight excluding hydrogens is 172 g/mol. The van der Waals surface area contributed by atoms with Crippen molar-refractivity contribution in [3.8, 4) is 0 Å². The fraction of sp³-hybridized carbons (Fsp3) is 1.00. The molecule has 1 N–H and O–H groups in total. The van der Waals surface area contributed by atoms with E-state index >= 15 is 0 Å². The quantitative estimate of drug-likeness (QED) is 0.720. The molecule has 1 aliphatic heterocycles. The lowest BCUT2D eigenvalue weighted by atomic mass is 10.1. The van der Waals surface area contributed by atoms with Crippen LogP contribution < -0.4 is 5.32 Å². The Balaban J connectivity index is 1.80. The summed E-state index contributed by atoms with van der Waals surface area (Å²) >= 11 is 0. The van der Waals surface area contributed by atoms with Gasteiger partial charge in [-0.3, -0.25) is 4.90 Å². The molecule has 1 aliphatic carbocycles. The Kier molecular flexibility index (Phi) is 3.45. The summed E-state index contributed by atoms with van der Waals surface area (Å²) in [6.45, 7) is 6.25. The zero-order valence-corrected chi connectivity index (χ0v) is 9.63. The van der Waals surface area contributed by atoms with E-state index in [1.807, 2.05) is 0 Å². The van der Waals surface area contributed by atoms with Crippen molar-refractivity contribution in [2.45, 2.75) is 38.6 Å². The van der Waals surface area contributed by atoms with Crippen LogP contribution >= 0.6 is 0 Å². The molecule has 2 fully saturated rings. The van der Waals surface area contributed by atoms with Gasteiger partial charge in [0, 0.05) is 12.6 Å². The van der Waals surface area contributed by atoms with Crippen LogP contribution in [0.1, 0.15) is 32.6 Å². The molecule has 1 saturated carbocycles. The molecule has 0 radical (unpaired) electrons. The molecule has 2 heteroatoms. The standard InChI is InChI=1S/C12H24N2/c1-3-12(11-4-5-11)14-7-6-10(9-14)8-13-2/h10-13H,3-9H2,1-2H3. The summed E-state index contributed by atoms with van der Waals surface area (Å²) in [5, 5.41) is 3.31.